The molecule has 0 saturated heterocycles. The van der Waals surface area contributed by atoms with Gasteiger partial charge < -0.3 is 16.0 Å². The van der Waals surface area contributed by atoms with Crippen LogP contribution in [-0.2, 0) is 4.79 Å². The number of nitrogens with one attached hydrogen (secondary N) is 3. The molecule has 4 aromatic rings. The van der Waals surface area contributed by atoms with Gasteiger partial charge in [-0.25, -0.2) is 0 Å². The molecule has 35 heavy (non-hydrogen) atoms. The lowest BCUT2D eigenvalue weighted by molar-refractivity contribution is -0.114. The second-order valence-corrected chi connectivity index (χ2v) is 7.43. The van der Waals surface area contributed by atoms with Crippen molar-refractivity contribution >= 4 is 29.1 Å². The Balaban J connectivity index is 1.55. The van der Waals surface area contributed by atoms with Gasteiger partial charge in [0.2, 0.25) is 5.91 Å². The molecule has 4 rings (SSSR count). The zero-order valence-corrected chi connectivity index (χ0v) is 18.9. The molecule has 0 unspecified atom stereocenters. The first-order chi connectivity index (χ1) is 16.9. The Morgan fingerprint density at radius 1 is 0.600 bits per heavy atom. The quantitative estimate of drug-likeness (QED) is 0.396. The van der Waals surface area contributed by atoms with Gasteiger partial charge in [0.25, 0.3) is 11.8 Å². The summed E-state index contributed by atoms with van der Waals surface area (Å²) in [5.74, 6) is -0.782. The molecule has 0 aliphatic heterocycles. The Bertz CT molecular complexity index is 1420. The maximum atomic E-state index is 12.9. The molecule has 10 heteroatoms. The van der Waals surface area contributed by atoms with Crippen LogP contribution in [-0.4, -0.2) is 44.7 Å². The van der Waals surface area contributed by atoms with E-state index < -0.39 is 0 Å². The van der Waals surface area contributed by atoms with E-state index in [1.54, 1.807) is 68.0 Å². The van der Waals surface area contributed by atoms with Crippen molar-refractivity contribution in [2.75, 3.05) is 17.7 Å². The highest BCUT2D eigenvalue weighted by Gasteiger charge is 2.12. The number of amides is 3. The summed E-state index contributed by atoms with van der Waals surface area (Å²) in [5, 5.41) is 8.11. The molecule has 0 aromatic carbocycles. The van der Waals surface area contributed by atoms with Crippen molar-refractivity contribution in [2.24, 2.45) is 0 Å². The van der Waals surface area contributed by atoms with Crippen LogP contribution in [0.5, 0.6) is 0 Å². The summed E-state index contributed by atoms with van der Waals surface area (Å²) in [6.45, 7) is 1.42. The van der Waals surface area contributed by atoms with E-state index in [4.69, 9.17) is 0 Å². The summed E-state index contributed by atoms with van der Waals surface area (Å²) in [5.41, 5.74) is 3.92. The highest BCUT2D eigenvalue weighted by molar-refractivity contribution is 6.05. The Labute approximate surface area is 200 Å². The van der Waals surface area contributed by atoms with Crippen LogP contribution < -0.4 is 16.0 Å². The maximum absolute atomic E-state index is 12.9. The predicted molar refractivity (Wildman–Crippen MR) is 131 cm³/mol. The monoisotopic (exact) mass is 467 g/mol. The van der Waals surface area contributed by atoms with Gasteiger partial charge in [-0.1, -0.05) is 0 Å². The lowest BCUT2D eigenvalue weighted by Crippen LogP contribution is -2.17. The van der Waals surface area contributed by atoms with Crippen LogP contribution in [0.1, 0.15) is 27.6 Å². The molecule has 3 N–H and O–H groups in total. The molecule has 0 spiro atoms. The topological polar surface area (TPSA) is 139 Å². The van der Waals surface area contributed by atoms with Gasteiger partial charge in [0.15, 0.2) is 0 Å². The smallest absolute Gasteiger partial charge is 0.255 e. The highest BCUT2D eigenvalue weighted by Crippen LogP contribution is 2.22. The third-order valence-corrected chi connectivity index (χ3v) is 4.89. The number of rotatable bonds is 6. The fourth-order valence-electron chi connectivity index (χ4n) is 3.27. The third-order valence-electron chi connectivity index (χ3n) is 4.89. The average Bonchev–Trinajstić information content (AvgIpc) is 2.88. The Hall–Kier alpha value is -4.99. The van der Waals surface area contributed by atoms with E-state index in [1.165, 1.54) is 19.3 Å². The largest absolute Gasteiger partial charge is 0.355 e. The molecule has 0 saturated carbocycles. The number of nitrogens with zero attached hydrogens (tertiary/aromatic N) is 4. The van der Waals surface area contributed by atoms with Crippen LogP contribution >= 0.6 is 0 Å². The van der Waals surface area contributed by atoms with Crippen LogP contribution in [0.25, 0.3) is 22.8 Å². The first kappa shape index (κ1) is 23.2. The zero-order valence-electron chi connectivity index (χ0n) is 18.9. The van der Waals surface area contributed by atoms with Crippen molar-refractivity contribution in [3.05, 3.63) is 84.4 Å². The summed E-state index contributed by atoms with van der Waals surface area (Å²) in [4.78, 5) is 53.3. The van der Waals surface area contributed by atoms with E-state index >= 15 is 0 Å². The molecular formula is C25H21N7O3. The molecule has 10 nitrogen and oxygen atoms in total. The van der Waals surface area contributed by atoms with Gasteiger partial charge in [-0.05, 0) is 48.5 Å². The molecule has 4 aromatic heterocycles. The second-order valence-electron chi connectivity index (χ2n) is 7.43. The van der Waals surface area contributed by atoms with E-state index in [-0.39, 0.29) is 17.7 Å². The van der Waals surface area contributed by atoms with Crippen molar-refractivity contribution in [1.82, 2.24) is 25.3 Å². The number of carbonyl (C=O) groups is 3. The molecule has 0 aliphatic carbocycles. The van der Waals surface area contributed by atoms with Crippen molar-refractivity contribution in [3.63, 3.8) is 0 Å². The number of anilines is 2. The summed E-state index contributed by atoms with van der Waals surface area (Å²) in [6.07, 6.45) is 6.15. The van der Waals surface area contributed by atoms with E-state index in [9.17, 15) is 14.4 Å². The molecule has 4 heterocycles. The van der Waals surface area contributed by atoms with Crippen molar-refractivity contribution < 1.29 is 14.4 Å². The van der Waals surface area contributed by atoms with E-state index in [2.05, 4.69) is 35.9 Å². The Morgan fingerprint density at radius 3 is 1.51 bits per heavy atom. The zero-order chi connectivity index (χ0) is 24.8. The van der Waals surface area contributed by atoms with E-state index in [0.717, 1.165) is 0 Å². The number of hydrogen-bond acceptors (Lipinski definition) is 7. The van der Waals surface area contributed by atoms with Gasteiger partial charge >= 0.3 is 0 Å². The lowest BCUT2D eigenvalue weighted by atomic mass is 10.1. The van der Waals surface area contributed by atoms with Gasteiger partial charge in [0.1, 0.15) is 0 Å². The van der Waals surface area contributed by atoms with E-state index in [1.807, 2.05) is 0 Å². The summed E-state index contributed by atoms with van der Waals surface area (Å²) < 4.78 is 0. The summed E-state index contributed by atoms with van der Waals surface area (Å²) in [7, 11) is 1.55. The Kier molecular flexibility index (Phi) is 6.82. The third kappa shape index (κ3) is 5.69. The molecule has 0 atom stereocenters. The highest BCUT2D eigenvalue weighted by atomic mass is 16.2. The molecule has 0 radical (unpaired) electrons. The SMILES string of the molecule is CNC(=O)c1ccnc(-c2cc(NC(=O)c3ccnc(-c4cc(NC(C)=O)ccn4)c3)ccn2)c1. The first-order valence-corrected chi connectivity index (χ1v) is 10.6. The van der Waals surface area contributed by atoms with Gasteiger partial charge in [-0.2, -0.15) is 0 Å². The van der Waals surface area contributed by atoms with Crippen LogP contribution in [0.2, 0.25) is 0 Å². The van der Waals surface area contributed by atoms with Gasteiger partial charge in [-0.3, -0.25) is 34.3 Å². The van der Waals surface area contributed by atoms with Crippen molar-refractivity contribution in [2.45, 2.75) is 6.92 Å². The van der Waals surface area contributed by atoms with Crippen molar-refractivity contribution in [1.29, 1.82) is 0 Å². The van der Waals surface area contributed by atoms with Crippen LogP contribution in [0.4, 0.5) is 11.4 Å². The maximum Gasteiger partial charge on any atom is 0.255 e. The lowest BCUT2D eigenvalue weighted by Gasteiger charge is -2.09. The van der Waals surface area contributed by atoms with Crippen molar-refractivity contribution in [3.8, 4) is 22.8 Å². The molecule has 0 aliphatic rings. The van der Waals surface area contributed by atoms with Gasteiger partial charge in [0.05, 0.1) is 22.8 Å². The molecule has 174 valence electrons. The second kappa shape index (κ2) is 10.3. The number of aromatic nitrogens is 4. The minimum Gasteiger partial charge on any atom is -0.355 e. The average molecular weight is 467 g/mol. The molecule has 0 fully saturated rings. The van der Waals surface area contributed by atoms with E-state index in [0.29, 0.717) is 45.3 Å². The van der Waals surface area contributed by atoms with Gasteiger partial charge in [-0.15, -0.1) is 0 Å². The fourth-order valence-corrected chi connectivity index (χ4v) is 3.27. The normalized spacial score (nSPS) is 10.3. The Morgan fingerprint density at radius 2 is 1.03 bits per heavy atom. The van der Waals surface area contributed by atoms with Gasteiger partial charge in [0, 0.05) is 61.3 Å². The fraction of sp³-hybridized carbons (Fsp3) is 0.0800. The predicted octanol–water partition coefficient (Wildman–Crippen LogP) is 3.17. The molecule has 3 amide bonds. The molecule has 0 bridgehead atoms. The minimum atomic E-state index is -0.351. The molecular weight excluding hydrogens is 446 g/mol. The first-order valence-electron chi connectivity index (χ1n) is 10.6. The van der Waals surface area contributed by atoms with Crippen LogP contribution in [0.3, 0.4) is 0 Å². The standard InChI is InChI=1S/C25H21N7O3/c1-15(33)31-18-5-9-29-22(13-18)21-12-17(4-8-28-21)25(35)32-19-6-10-30-23(14-19)20-11-16(3-7-27-20)24(34)26-2/h3-14H,1-2H3,(H,26,34)(H,29,31,33)(H,30,32,35). The summed E-state index contributed by atoms with van der Waals surface area (Å²) >= 11 is 0. The summed E-state index contributed by atoms with van der Waals surface area (Å²) in [6, 6.07) is 13.1. The van der Waals surface area contributed by atoms with Crippen LogP contribution in [0.15, 0.2) is 73.3 Å². The minimum absolute atomic E-state index is 0.199. The number of pyridine rings is 4. The van der Waals surface area contributed by atoms with Crippen LogP contribution in [0, 0.1) is 0 Å². The number of carbonyl (C=O) groups excluding carboxylic acids is 3. The number of hydrogen-bond donors (Lipinski definition) is 3.